The maximum atomic E-state index is 13.4. The standard InChI is InChI=1S/C12H11BrClFO2S/c1-6(2)3-11(16)18-10-4-7(12(14)17)9(15)5-8(10)13/h4-6H,3H2,1-2H3. The van der Waals surface area contributed by atoms with E-state index in [0.29, 0.717) is 15.8 Å². The molecular weight excluding hydrogens is 343 g/mol. The lowest BCUT2D eigenvalue weighted by molar-refractivity contribution is -0.111. The molecule has 0 saturated carbocycles. The van der Waals surface area contributed by atoms with E-state index < -0.39 is 11.1 Å². The lowest BCUT2D eigenvalue weighted by Crippen LogP contribution is -2.00. The molecule has 6 heteroatoms. The molecule has 0 heterocycles. The molecule has 0 radical (unpaired) electrons. The van der Waals surface area contributed by atoms with Gasteiger partial charge in [0.05, 0.1) is 5.56 Å². The second-order valence-electron chi connectivity index (χ2n) is 4.11. The van der Waals surface area contributed by atoms with Crippen molar-refractivity contribution < 1.29 is 14.0 Å². The largest absolute Gasteiger partial charge is 0.287 e. The van der Waals surface area contributed by atoms with Crippen LogP contribution in [0.15, 0.2) is 21.5 Å². The van der Waals surface area contributed by atoms with Crippen LogP contribution in [0.3, 0.4) is 0 Å². The maximum absolute atomic E-state index is 13.4. The molecule has 0 spiro atoms. The fraction of sp³-hybridized carbons (Fsp3) is 0.333. The molecule has 0 aliphatic rings. The number of carbonyl (C=O) groups is 2. The van der Waals surface area contributed by atoms with Crippen LogP contribution in [0, 0.1) is 11.7 Å². The first-order valence-electron chi connectivity index (χ1n) is 5.20. The van der Waals surface area contributed by atoms with Gasteiger partial charge >= 0.3 is 0 Å². The first-order chi connectivity index (χ1) is 8.31. The maximum Gasteiger partial charge on any atom is 0.255 e. The van der Waals surface area contributed by atoms with E-state index in [1.807, 2.05) is 13.8 Å². The highest BCUT2D eigenvalue weighted by molar-refractivity contribution is 9.10. The Kier molecular flexibility index (Phi) is 5.82. The highest BCUT2D eigenvalue weighted by atomic mass is 79.9. The minimum absolute atomic E-state index is 0.0368. The average Bonchev–Trinajstić information content (AvgIpc) is 2.20. The van der Waals surface area contributed by atoms with Crippen LogP contribution in [-0.2, 0) is 4.79 Å². The fourth-order valence-electron chi connectivity index (χ4n) is 1.26. The third-order valence-corrected chi connectivity index (χ3v) is 4.11. The summed E-state index contributed by atoms with van der Waals surface area (Å²) >= 11 is 9.40. The van der Waals surface area contributed by atoms with Crippen LogP contribution in [0.4, 0.5) is 4.39 Å². The summed E-state index contributed by atoms with van der Waals surface area (Å²) in [5.74, 6) is -0.458. The normalized spacial score (nSPS) is 10.8. The van der Waals surface area contributed by atoms with E-state index in [1.165, 1.54) is 6.07 Å². The van der Waals surface area contributed by atoms with Gasteiger partial charge in [-0.25, -0.2) is 4.39 Å². The van der Waals surface area contributed by atoms with Crippen molar-refractivity contribution in [2.75, 3.05) is 0 Å². The first kappa shape index (κ1) is 15.7. The van der Waals surface area contributed by atoms with Gasteiger partial charge in [-0.3, -0.25) is 9.59 Å². The Morgan fingerprint density at radius 3 is 2.56 bits per heavy atom. The SMILES string of the molecule is CC(C)CC(=O)Sc1cc(C(=O)Cl)c(F)cc1Br. The molecule has 98 valence electrons. The van der Waals surface area contributed by atoms with Crippen molar-refractivity contribution >= 4 is 49.7 Å². The van der Waals surface area contributed by atoms with Crippen LogP contribution in [-0.4, -0.2) is 10.4 Å². The van der Waals surface area contributed by atoms with Gasteiger partial charge in [-0.05, 0) is 45.6 Å². The molecule has 1 rings (SSSR count). The van der Waals surface area contributed by atoms with E-state index in [-0.39, 0.29) is 16.6 Å². The summed E-state index contributed by atoms with van der Waals surface area (Å²) in [6.45, 7) is 3.87. The molecule has 0 unspecified atom stereocenters. The molecule has 0 amide bonds. The molecule has 0 aromatic heterocycles. The molecule has 2 nitrogen and oxygen atoms in total. The fourth-order valence-corrected chi connectivity index (χ4v) is 2.95. The van der Waals surface area contributed by atoms with Crippen LogP contribution >= 0.6 is 39.3 Å². The molecule has 0 aliphatic carbocycles. The van der Waals surface area contributed by atoms with Crippen molar-refractivity contribution in [3.63, 3.8) is 0 Å². The number of thioether (sulfide) groups is 1. The molecule has 18 heavy (non-hydrogen) atoms. The van der Waals surface area contributed by atoms with Crippen molar-refractivity contribution in [2.45, 2.75) is 25.2 Å². The molecule has 0 fully saturated rings. The van der Waals surface area contributed by atoms with Gasteiger partial charge in [0.2, 0.25) is 0 Å². The Morgan fingerprint density at radius 1 is 1.44 bits per heavy atom. The Morgan fingerprint density at radius 2 is 2.06 bits per heavy atom. The van der Waals surface area contributed by atoms with Gasteiger partial charge in [0.25, 0.3) is 5.24 Å². The van der Waals surface area contributed by atoms with E-state index in [4.69, 9.17) is 11.6 Å². The van der Waals surface area contributed by atoms with Gasteiger partial charge in [0.15, 0.2) is 5.12 Å². The van der Waals surface area contributed by atoms with Crippen molar-refractivity contribution in [1.82, 2.24) is 0 Å². The summed E-state index contributed by atoms with van der Waals surface area (Å²) in [4.78, 5) is 23.2. The number of halogens is 3. The molecule has 1 aromatic carbocycles. The van der Waals surface area contributed by atoms with Crippen LogP contribution in [0.1, 0.15) is 30.6 Å². The Balaban J connectivity index is 2.99. The number of hydrogen-bond donors (Lipinski definition) is 0. The zero-order valence-electron chi connectivity index (χ0n) is 9.80. The third-order valence-electron chi connectivity index (χ3n) is 2.03. The van der Waals surface area contributed by atoms with Gasteiger partial charge in [-0.2, -0.15) is 0 Å². The molecular formula is C12H11BrClFO2S. The Bertz CT molecular complexity index is 491. The highest BCUT2D eigenvalue weighted by Gasteiger charge is 2.16. The van der Waals surface area contributed by atoms with Crippen LogP contribution < -0.4 is 0 Å². The summed E-state index contributed by atoms with van der Waals surface area (Å²) < 4.78 is 13.8. The van der Waals surface area contributed by atoms with Gasteiger partial charge in [0, 0.05) is 15.8 Å². The Hall–Kier alpha value is -0.390. The van der Waals surface area contributed by atoms with Gasteiger partial charge < -0.3 is 0 Å². The zero-order chi connectivity index (χ0) is 13.9. The molecule has 0 atom stereocenters. The summed E-state index contributed by atoms with van der Waals surface area (Å²) in [6, 6.07) is 2.43. The highest BCUT2D eigenvalue weighted by Crippen LogP contribution is 2.32. The number of carbonyl (C=O) groups excluding carboxylic acids is 2. The molecule has 0 bridgehead atoms. The summed E-state index contributed by atoms with van der Waals surface area (Å²) in [5, 5.41) is -0.913. The number of rotatable bonds is 4. The number of hydrogen-bond acceptors (Lipinski definition) is 3. The van der Waals surface area contributed by atoms with E-state index in [2.05, 4.69) is 15.9 Å². The topological polar surface area (TPSA) is 34.1 Å². The van der Waals surface area contributed by atoms with Crippen LogP contribution in [0.2, 0.25) is 0 Å². The minimum atomic E-state index is -0.877. The first-order valence-corrected chi connectivity index (χ1v) is 7.19. The van der Waals surface area contributed by atoms with Gasteiger partial charge in [-0.1, -0.05) is 25.6 Å². The summed E-state index contributed by atoms with van der Waals surface area (Å²) in [6.07, 6.45) is 0.415. The molecule has 0 N–H and O–H groups in total. The van der Waals surface area contributed by atoms with Gasteiger partial charge in [0.1, 0.15) is 5.82 Å². The van der Waals surface area contributed by atoms with E-state index in [1.54, 1.807) is 0 Å². The van der Waals surface area contributed by atoms with E-state index in [9.17, 15) is 14.0 Å². The van der Waals surface area contributed by atoms with Crippen LogP contribution in [0.25, 0.3) is 0 Å². The second-order valence-corrected chi connectivity index (χ2v) is 6.41. The van der Waals surface area contributed by atoms with Crippen molar-refractivity contribution in [1.29, 1.82) is 0 Å². The van der Waals surface area contributed by atoms with Crippen LogP contribution in [0.5, 0.6) is 0 Å². The second kappa shape index (κ2) is 6.68. The predicted molar refractivity (Wildman–Crippen MR) is 74.6 cm³/mol. The van der Waals surface area contributed by atoms with E-state index >= 15 is 0 Å². The lowest BCUT2D eigenvalue weighted by atomic mass is 10.2. The smallest absolute Gasteiger partial charge is 0.255 e. The average molecular weight is 354 g/mol. The molecule has 0 saturated heterocycles. The molecule has 0 aliphatic heterocycles. The Labute approximate surface area is 122 Å². The van der Waals surface area contributed by atoms with Gasteiger partial charge in [-0.15, -0.1) is 0 Å². The summed E-state index contributed by atoms with van der Waals surface area (Å²) in [5.41, 5.74) is -0.222. The monoisotopic (exact) mass is 352 g/mol. The quantitative estimate of drug-likeness (QED) is 0.584. The van der Waals surface area contributed by atoms with Crippen molar-refractivity contribution in [3.05, 3.63) is 28.0 Å². The predicted octanol–water partition coefficient (Wildman–Crippen LogP) is 4.63. The van der Waals surface area contributed by atoms with E-state index in [0.717, 1.165) is 17.8 Å². The van der Waals surface area contributed by atoms with Crippen molar-refractivity contribution in [3.8, 4) is 0 Å². The molecule has 1 aromatic rings. The minimum Gasteiger partial charge on any atom is -0.287 e. The summed E-state index contributed by atoms with van der Waals surface area (Å²) in [7, 11) is 0. The lowest BCUT2D eigenvalue weighted by Gasteiger charge is -2.07. The third kappa shape index (κ3) is 4.37. The number of benzene rings is 1. The zero-order valence-corrected chi connectivity index (χ0v) is 13.0. The van der Waals surface area contributed by atoms with Crippen molar-refractivity contribution in [2.24, 2.45) is 5.92 Å².